The highest BCUT2D eigenvalue weighted by atomic mass is 16.2. The van der Waals surface area contributed by atoms with Gasteiger partial charge in [0.25, 0.3) is 0 Å². The fraction of sp³-hybridized carbons (Fsp3) is 0.923. The molecular weight excluding hydrogens is 186 g/mol. The zero-order chi connectivity index (χ0) is 11.5. The second kappa shape index (κ2) is 4.54. The van der Waals surface area contributed by atoms with E-state index in [1.165, 1.54) is 12.8 Å². The Hall–Kier alpha value is -0.530. The molecule has 0 radical (unpaired) electrons. The number of carbonyl (C=O) groups excluding carboxylic acids is 1. The minimum atomic E-state index is -0.113. The van der Waals surface area contributed by atoms with Crippen LogP contribution in [0.5, 0.6) is 0 Å². The summed E-state index contributed by atoms with van der Waals surface area (Å²) in [6.45, 7) is 8.68. The van der Waals surface area contributed by atoms with Crippen LogP contribution in [0.15, 0.2) is 0 Å². The number of amides is 1. The molecule has 88 valence electrons. The van der Waals surface area contributed by atoms with Crippen molar-refractivity contribution in [2.45, 2.75) is 71.8 Å². The molecule has 1 aliphatic rings. The fourth-order valence-corrected chi connectivity index (χ4v) is 2.85. The molecule has 2 nitrogen and oxygen atoms in total. The predicted octanol–water partition coefficient (Wildman–Crippen LogP) is 3.26. The van der Waals surface area contributed by atoms with Crippen LogP contribution in [0, 0.1) is 5.41 Å². The average Bonchev–Trinajstić information content (AvgIpc) is 2.24. The molecule has 1 saturated heterocycles. The van der Waals surface area contributed by atoms with Gasteiger partial charge in [0.15, 0.2) is 0 Å². The van der Waals surface area contributed by atoms with Gasteiger partial charge in [-0.05, 0) is 26.2 Å². The number of unbranched alkanes of at least 4 members (excludes halogenated alkanes) is 1. The Morgan fingerprint density at radius 2 is 1.80 bits per heavy atom. The second-order valence-electron chi connectivity index (χ2n) is 5.08. The number of β-lactam (4-membered cyclic amide) rings is 1. The lowest BCUT2D eigenvalue weighted by molar-refractivity contribution is -0.157. The van der Waals surface area contributed by atoms with E-state index in [-0.39, 0.29) is 16.9 Å². The maximum absolute atomic E-state index is 11.7. The lowest BCUT2D eigenvalue weighted by Gasteiger charge is -2.57. The number of hydrogen-bond acceptors (Lipinski definition) is 1. The van der Waals surface area contributed by atoms with Gasteiger partial charge in [0.05, 0.1) is 11.0 Å². The molecule has 1 fully saturated rings. The quantitative estimate of drug-likeness (QED) is 0.671. The van der Waals surface area contributed by atoms with E-state index < -0.39 is 0 Å². The van der Waals surface area contributed by atoms with E-state index in [0.29, 0.717) is 0 Å². The first-order valence-electron chi connectivity index (χ1n) is 6.39. The molecule has 0 aromatic carbocycles. The normalized spacial score (nSPS) is 34.8. The molecule has 0 aromatic heterocycles. The van der Waals surface area contributed by atoms with Gasteiger partial charge < -0.3 is 5.32 Å². The highest BCUT2D eigenvalue weighted by Gasteiger charge is 2.60. The number of carbonyl (C=O) groups is 1. The third-order valence-corrected chi connectivity index (χ3v) is 4.25. The lowest BCUT2D eigenvalue weighted by atomic mass is 9.58. The van der Waals surface area contributed by atoms with Crippen molar-refractivity contribution in [3.05, 3.63) is 0 Å². The van der Waals surface area contributed by atoms with Gasteiger partial charge in [-0.1, -0.05) is 40.0 Å². The summed E-state index contributed by atoms with van der Waals surface area (Å²) in [5, 5.41) is 3.19. The van der Waals surface area contributed by atoms with E-state index in [0.717, 1.165) is 25.7 Å². The van der Waals surface area contributed by atoms with Gasteiger partial charge in [-0.3, -0.25) is 4.79 Å². The SMILES string of the molecule is CCCCC1(CCC)NC(=O)C1(C)CC. The van der Waals surface area contributed by atoms with Crippen molar-refractivity contribution in [3.8, 4) is 0 Å². The highest BCUT2D eigenvalue weighted by Crippen LogP contribution is 2.48. The minimum absolute atomic E-state index is 0.101. The van der Waals surface area contributed by atoms with E-state index in [2.05, 4.69) is 33.0 Å². The van der Waals surface area contributed by atoms with E-state index in [1.54, 1.807) is 0 Å². The third-order valence-electron chi connectivity index (χ3n) is 4.25. The van der Waals surface area contributed by atoms with E-state index in [4.69, 9.17) is 0 Å². The maximum Gasteiger partial charge on any atom is 0.228 e. The van der Waals surface area contributed by atoms with Crippen LogP contribution in [0.4, 0.5) is 0 Å². The Balaban J connectivity index is 2.78. The number of hydrogen-bond donors (Lipinski definition) is 1. The predicted molar refractivity (Wildman–Crippen MR) is 63.7 cm³/mol. The van der Waals surface area contributed by atoms with Crippen LogP contribution in [-0.2, 0) is 4.79 Å². The van der Waals surface area contributed by atoms with Crippen LogP contribution in [0.1, 0.15) is 66.2 Å². The van der Waals surface area contributed by atoms with Gasteiger partial charge in [0.2, 0.25) is 5.91 Å². The Bertz CT molecular complexity index is 239. The molecule has 0 aliphatic carbocycles. The van der Waals surface area contributed by atoms with Crippen LogP contribution in [0.25, 0.3) is 0 Å². The summed E-state index contributed by atoms with van der Waals surface area (Å²) >= 11 is 0. The second-order valence-corrected chi connectivity index (χ2v) is 5.08. The third kappa shape index (κ3) is 1.79. The van der Waals surface area contributed by atoms with Crippen LogP contribution in [0.3, 0.4) is 0 Å². The molecule has 0 spiro atoms. The summed E-state index contributed by atoms with van der Waals surface area (Å²) in [7, 11) is 0. The Morgan fingerprint density at radius 1 is 1.13 bits per heavy atom. The van der Waals surface area contributed by atoms with Crippen molar-refractivity contribution in [1.82, 2.24) is 5.32 Å². The van der Waals surface area contributed by atoms with Crippen LogP contribution >= 0.6 is 0 Å². The average molecular weight is 211 g/mol. The minimum Gasteiger partial charge on any atom is -0.349 e. The van der Waals surface area contributed by atoms with E-state index in [1.807, 2.05) is 0 Å². The molecule has 1 N–H and O–H groups in total. The Kier molecular flexibility index (Phi) is 3.80. The smallest absolute Gasteiger partial charge is 0.228 e. The molecule has 1 rings (SSSR count). The van der Waals surface area contributed by atoms with Crippen molar-refractivity contribution in [2.24, 2.45) is 5.41 Å². The van der Waals surface area contributed by atoms with Gasteiger partial charge in [-0.25, -0.2) is 0 Å². The highest BCUT2D eigenvalue weighted by molar-refractivity contribution is 5.91. The molecule has 1 amide bonds. The fourth-order valence-electron chi connectivity index (χ4n) is 2.85. The van der Waals surface area contributed by atoms with E-state index >= 15 is 0 Å². The number of rotatable bonds is 6. The first-order chi connectivity index (χ1) is 7.06. The molecule has 2 atom stereocenters. The van der Waals surface area contributed by atoms with Crippen molar-refractivity contribution in [2.75, 3.05) is 0 Å². The van der Waals surface area contributed by atoms with E-state index in [9.17, 15) is 4.79 Å². The van der Waals surface area contributed by atoms with Gasteiger partial charge in [-0.15, -0.1) is 0 Å². The van der Waals surface area contributed by atoms with Crippen molar-refractivity contribution < 1.29 is 4.79 Å². The van der Waals surface area contributed by atoms with Crippen molar-refractivity contribution in [3.63, 3.8) is 0 Å². The summed E-state index contributed by atoms with van der Waals surface area (Å²) < 4.78 is 0. The van der Waals surface area contributed by atoms with Crippen LogP contribution in [-0.4, -0.2) is 11.4 Å². The van der Waals surface area contributed by atoms with Crippen molar-refractivity contribution in [1.29, 1.82) is 0 Å². The van der Waals surface area contributed by atoms with Crippen LogP contribution < -0.4 is 5.32 Å². The Labute approximate surface area is 93.8 Å². The monoisotopic (exact) mass is 211 g/mol. The molecule has 0 aromatic rings. The van der Waals surface area contributed by atoms with Gasteiger partial charge in [0.1, 0.15) is 0 Å². The molecule has 0 saturated carbocycles. The molecule has 1 heterocycles. The molecular formula is C13H25NO. The lowest BCUT2D eigenvalue weighted by Crippen LogP contribution is -2.75. The van der Waals surface area contributed by atoms with Crippen molar-refractivity contribution >= 4 is 5.91 Å². The standard InChI is InChI=1S/C13H25NO/c1-5-8-10-13(9-6-2)12(4,7-3)11(15)14-13/h5-10H2,1-4H3,(H,14,15). The topological polar surface area (TPSA) is 29.1 Å². The van der Waals surface area contributed by atoms with Gasteiger partial charge in [0, 0.05) is 0 Å². The summed E-state index contributed by atoms with van der Waals surface area (Å²) in [6.07, 6.45) is 6.82. The maximum atomic E-state index is 11.7. The molecule has 2 heteroatoms. The molecule has 2 unspecified atom stereocenters. The van der Waals surface area contributed by atoms with Crippen LogP contribution in [0.2, 0.25) is 0 Å². The first-order valence-corrected chi connectivity index (χ1v) is 6.39. The summed E-state index contributed by atoms with van der Waals surface area (Å²) in [6, 6.07) is 0. The Morgan fingerprint density at radius 3 is 2.20 bits per heavy atom. The number of nitrogens with one attached hydrogen (secondary N) is 1. The summed E-state index contributed by atoms with van der Waals surface area (Å²) in [5.41, 5.74) is -0.0121. The van der Waals surface area contributed by atoms with Gasteiger partial charge in [-0.2, -0.15) is 0 Å². The first kappa shape index (κ1) is 12.5. The summed E-state index contributed by atoms with van der Waals surface area (Å²) in [5.74, 6) is 0.259. The van der Waals surface area contributed by atoms with Gasteiger partial charge >= 0.3 is 0 Å². The largest absolute Gasteiger partial charge is 0.349 e. The molecule has 0 bridgehead atoms. The molecule has 15 heavy (non-hydrogen) atoms. The zero-order valence-corrected chi connectivity index (χ0v) is 10.7. The molecule has 1 aliphatic heterocycles. The summed E-state index contributed by atoms with van der Waals surface area (Å²) in [4.78, 5) is 11.7. The zero-order valence-electron chi connectivity index (χ0n) is 10.7.